The molecule has 100 valence electrons. The number of nitrogens with zero attached hydrogens (tertiary/aromatic N) is 2. The summed E-state index contributed by atoms with van der Waals surface area (Å²) in [7, 11) is 0. The number of hydrogen-bond acceptors (Lipinski definition) is 3. The maximum atomic E-state index is 12.0. The van der Waals surface area contributed by atoms with E-state index in [2.05, 4.69) is 18.7 Å². The lowest BCUT2D eigenvalue weighted by Gasteiger charge is -2.35. The maximum Gasteiger partial charge on any atom is 0.224 e. The average molecular weight is 241 g/mol. The predicted octanol–water partition coefficient (Wildman–Crippen LogP) is 1.06. The molecule has 1 atom stereocenters. The number of rotatable bonds is 6. The van der Waals surface area contributed by atoms with Crippen LogP contribution in [0.15, 0.2) is 0 Å². The molecule has 0 saturated carbocycles. The maximum absolute atomic E-state index is 12.0. The van der Waals surface area contributed by atoms with Crippen LogP contribution in [0.5, 0.6) is 0 Å². The van der Waals surface area contributed by atoms with E-state index in [0.29, 0.717) is 6.42 Å². The van der Waals surface area contributed by atoms with Gasteiger partial charge in [0, 0.05) is 38.6 Å². The van der Waals surface area contributed by atoms with Crippen molar-refractivity contribution in [3.63, 3.8) is 0 Å². The molecule has 4 heteroatoms. The third-order valence-electron chi connectivity index (χ3n) is 3.36. The largest absolute Gasteiger partial charge is 0.340 e. The fraction of sp³-hybridized carbons (Fsp3) is 0.923. The number of carbonyl (C=O) groups is 1. The quantitative estimate of drug-likeness (QED) is 0.756. The van der Waals surface area contributed by atoms with E-state index in [1.165, 1.54) is 6.42 Å². The van der Waals surface area contributed by atoms with E-state index in [1.807, 2.05) is 4.90 Å². The smallest absolute Gasteiger partial charge is 0.224 e. The molecule has 4 nitrogen and oxygen atoms in total. The molecule has 1 rings (SSSR count). The van der Waals surface area contributed by atoms with Gasteiger partial charge in [-0.3, -0.25) is 9.69 Å². The molecule has 0 bridgehead atoms. The van der Waals surface area contributed by atoms with Crippen LogP contribution in [0.1, 0.15) is 39.5 Å². The molecular weight excluding hydrogens is 214 g/mol. The van der Waals surface area contributed by atoms with Crippen molar-refractivity contribution in [1.29, 1.82) is 0 Å². The second kappa shape index (κ2) is 7.67. The Balaban J connectivity index is 2.25. The summed E-state index contributed by atoms with van der Waals surface area (Å²) in [5.41, 5.74) is 5.91. The molecular formula is C13H27N3O. The summed E-state index contributed by atoms with van der Waals surface area (Å²) in [6.45, 7) is 9.23. The van der Waals surface area contributed by atoms with Crippen molar-refractivity contribution in [2.24, 2.45) is 5.73 Å². The van der Waals surface area contributed by atoms with Crippen LogP contribution in [0, 0.1) is 0 Å². The van der Waals surface area contributed by atoms with Crippen LogP contribution >= 0.6 is 0 Å². The zero-order valence-corrected chi connectivity index (χ0v) is 11.3. The molecule has 17 heavy (non-hydrogen) atoms. The summed E-state index contributed by atoms with van der Waals surface area (Å²) in [6.07, 6.45) is 3.71. The lowest BCUT2D eigenvalue weighted by molar-refractivity contribution is -0.133. The lowest BCUT2D eigenvalue weighted by atomic mass is 10.1. The van der Waals surface area contributed by atoms with Crippen molar-refractivity contribution in [1.82, 2.24) is 9.80 Å². The topological polar surface area (TPSA) is 49.6 Å². The number of amides is 1. The van der Waals surface area contributed by atoms with Gasteiger partial charge < -0.3 is 10.6 Å². The Morgan fingerprint density at radius 1 is 1.18 bits per heavy atom. The van der Waals surface area contributed by atoms with Crippen LogP contribution in [0.4, 0.5) is 0 Å². The highest BCUT2D eigenvalue weighted by Crippen LogP contribution is 2.07. The fourth-order valence-corrected chi connectivity index (χ4v) is 2.36. The molecule has 1 aliphatic rings. The van der Waals surface area contributed by atoms with Crippen molar-refractivity contribution in [2.75, 3.05) is 32.7 Å². The molecule has 1 unspecified atom stereocenters. The van der Waals surface area contributed by atoms with Crippen LogP contribution in [0.25, 0.3) is 0 Å². The number of nitrogens with two attached hydrogens (primary N) is 1. The zero-order valence-electron chi connectivity index (χ0n) is 11.3. The van der Waals surface area contributed by atoms with Crippen LogP contribution in [-0.4, -0.2) is 54.5 Å². The molecule has 0 aromatic rings. The third kappa shape index (κ3) is 5.04. The standard InChI is InChI=1S/C13H27N3O/c1-3-5-12(14)11-13(17)16-9-7-15(6-4-2)8-10-16/h12H,3-11,14H2,1-2H3. The summed E-state index contributed by atoms with van der Waals surface area (Å²) in [5.74, 6) is 0.238. The fourth-order valence-electron chi connectivity index (χ4n) is 2.36. The summed E-state index contributed by atoms with van der Waals surface area (Å²) in [4.78, 5) is 16.4. The summed E-state index contributed by atoms with van der Waals surface area (Å²) >= 11 is 0. The molecule has 1 saturated heterocycles. The van der Waals surface area contributed by atoms with Gasteiger partial charge in [0.1, 0.15) is 0 Å². The molecule has 1 fully saturated rings. The van der Waals surface area contributed by atoms with Gasteiger partial charge in [-0.2, -0.15) is 0 Å². The highest BCUT2D eigenvalue weighted by Gasteiger charge is 2.21. The minimum absolute atomic E-state index is 0.0428. The Morgan fingerprint density at radius 2 is 1.82 bits per heavy atom. The summed E-state index contributed by atoms with van der Waals surface area (Å²) in [5, 5.41) is 0. The second-order valence-electron chi connectivity index (χ2n) is 4.98. The van der Waals surface area contributed by atoms with Gasteiger partial charge >= 0.3 is 0 Å². The molecule has 1 aliphatic heterocycles. The van der Waals surface area contributed by atoms with Crippen molar-refractivity contribution in [3.8, 4) is 0 Å². The highest BCUT2D eigenvalue weighted by molar-refractivity contribution is 5.76. The predicted molar refractivity (Wildman–Crippen MR) is 70.8 cm³/mol. The molecule has 2 N–H and O–H groups in total. The molecule has 1 amide bonds. The molecule has 0 aromatic heterocycles. The van der Waals surface area contributed by atoms with E-state index in [0.717, 1.165) is 45.6 Å². The first-order valence-electron chi connectivity index (χ1n) is 6.93. The van der Waals surface area contributed by atoms with E-state index >= 15 is 0 Å². The SMILES string of the molecule is CCCC(N)CC(=O)N1CCN(CCC)CC1. The van der Waals surface area contributed by atoms with Crippen molar-refractivity contribution < 1.29 is 4.79 Å². The summed E-state index contributed by atoms with van der Waals surface area (Å²) in [6, 6.07) is 0.0428. The number of carbonyl (C=O) groups excluding carboxylic acids is 1. The van der Waals surface area contributed by atoms with Crippen molar-refractivity contribution >= 4 is 5.91 Å². The first-order chi connectivity index (χ1) is 8.17. The molecule has 0 radical (unpaired) electrons. The van der Waals surface area contributed by atoms with Gasteiger partial charge in [-0.15, -0.1) is 0 Å². The van der Waals surface area contributed by atoms with Gasteiger partial charge in [-0.1, -0.05) is 20.3 Å². The van der Waals surface area contributed by atoms with E-state index in [1.54, 1.807) is 0 Å². The molecule has 0 aromatic carbocycles. The highest BCUT2D eigenvalue weighted by atomic mass is 16.2. The van der Waals surface area contributed by atoms with Gasteiger partial charge in [-0.25, -0.2) is 0 Å². The Morgan fingerprint density at radius 3 is 2.35 bits per heavy atom. The third-order valence-corrected chi connectivity index (χ3v) is 3.36. The molecule has 0 aliphatic carbocycles. The van der Waals surface area contributed by atoms with Crippen LogP contribution in [-0.2, 0) is 4.79 Å². The van der Waals surface area contributed by atoms with Crippen LogP contribution in [0.2, 0.25) is 0 Å². The van der Waals surface area contributed by atoms with E-state index in [-0.39, 0.29) is 11.9 Å². The first kappa shape index (κ1) is 14.5. The Labute approximate surface area is 105 Å². The van der Waals surface area contributed by atoms with Crippen LogP contribution < -0.4 is 5.73 Å². The minimum atomic E-state index is 0.0428. The lowest BCUT2D eigenvalue weighted by Crippen LogP contribution is -2.49. The van der Waals surface area contributed by atoms with Gasteiger partial charge in [0.05, 0.1) is 0 Å². The van der Waals surface area contributed by atoms with E-state index in [4.69, 9.17) is 5.73 Å². The van der Waals surface area contributed by atoms with Crippen molar-refractivity contribution in [3.05, 3.63) is 0 Å². The Kier molecular flexibility index (Phi) is 6.52. The zero-order chi connectivity index (χ0) is 12.7. The van der Waals surface area contributed by atoms with Gasteiger partial charge in [0.25, 0.3) is 0 Å². The molecule has 1 heterocycles. The number of piperazine rings is 1. The average Bonchev–Trinajstić information content (AvgIpc) is 2.30. The van der Waals surface area contributed by atoms with E-state index in [9.17, 15) is 4.79 Å². The Hall–Kier alpha value is -0.610. The van der Waals surface area contributed by atoms with Gasteiger partial charge in [-0.05, 0) is 19.4 Å². The normalized spacial score (nSPS) is 19.4. The monoisotopic (exact) mass is 241 g/mol. The minimum Gasteiger partial charge on any atom is -0.340 e. The second-order valence-corrected chi connectivity index (χ2v) is 4.98. The molecule has 0 spiro atoms. The first-order valence-corrected chi connectivity index (χ1v) is 6.93. The van der Waals surface area contributed by atoms with Crippen LogP contribution in [0.3, 0.4) is 0 Å². The van der Waals surface area contributed by atoms with E-state index < -0.39 is 0 Å². The Bertz CT molecular complexity index is 225. The van der Waals surface area contributed by atoms with Gasteiger partial charge in [0.2, 0.25) is 5.91 Å². The summed E-state index contributed by atoms with van der Waals surface area (Å²) < 4.78 is 0. The number of hydrogen-bond donors (Lipinski definition) is 1. The van der Waals surface area contributed by atoms with Gasteiger partial charge in [0.15, 0.2) is 0 Å². The van der Waals surface area contributed by atoms with Crippen molar-refractivity contribution in [2.45, 2.75) is 45.6 Å².